The monoisotopic (exact) mass is 403 g/mol. The molecule has 0 atom stereocenters. The number of likely N-dealkylation sites (tertiary alicyclic amines) is 1. The van der Waals surface area contributed by atoms with E-state index in [1.54, 1.807) is 49.7 Å². The molecule has 1 saturated heterocycles. The lowest BCUT2D eigenvalue weighted by Gasteiger charge is -2.38. The minimum absolute atomic E-state index is 0.0959. The first kappa shape index (κ1) is 22.6. The minimum atomic E-state index is -0.578. The number of rotatable bonds is 8. The molecule has 2 aliphatic rings. The molecule has 0 radical (unpaired) electrons. The van der Waals surface area contributed by atoms with Gasteiger partial charge in [-0.25, -0.2) is 9.18 Å². The Balaban J connectivity index is 1.79. The maximum atomic E-state index is 13.9. The highest BCUT2D eigenvalue weighted by Gasteiger charge is 2.33. The molecule has 1 heterocycles. The van der Waals surface area contributed by atoms with Gasteiger partial charge in [0.2, 0.25) is 0 Å². The molecule has 29 heavy (non-hydrogen) atoms. The average Bonchev–Trinajstić information content (AvgIpc) is 2.91. The molecular formula is C22H30FN3O3. The van der Waals surface area contributed by atoms with Gasteiger partial charge in [0.15, 0.2) is 0 Å². The van der Waals surface area contributed by atoms with Crippen molar-refractivity contribution < 1.29 is 18.7 Å². The van der Waals surface area contributed by atoms with E-state index in [9.17, 15) is 14.0 Å². The maximum absolute atomic E-state index is 13.9. The van der Waals surface area contributed by atoms with E-state index in [0.29, 0.717) is 30.5 Å². The quantitative estimate of drug-likeness (QED) is 0.370. The number of alkyl carbamates (subject to hydrolysis) is 1. The summed E-state index contributed by atoms with van der Waals surface area (Å²) in [5.74, 6) is -0.251. The fourth-order valence-electron chi connectivity index (χ4n) is 3.17. The standard InChI is InChI=1S/C22H30FN3O3/c1-22(29-21(28)25-15-19-8-4-3-5-9-20(19)23)10-13-26(14-11-22)16-18(17-27)7-6-12-24-2/h3-8,12,17,24H,9-11,13-16H2,1-2H3,(H,25,28)/b12-6-,18-7-. The molecule has 2 rings (SSSR count). The molecule has 0 saturated carbocycles. The first-order chi connectivity index (χ1) is 14.0. The lowest BCUT2D eigenvalue weighted by molar-refractivity contribution is -0.105. The topological polar surface area (TPSA) is 70.7 Å². The van der Waals surface area contributed by atoms with E-state index in [0.717, 1.165) is 19.4 Å². The highest BCUT2D eigenvalue weighted by Crippen LogP contribution is 2.26. The van der Waals surface area contributed by atoms with Crippen LogP contribution in [0.15, 0.2) is 59.6 Å². The van der Waals surface area contributed by atoms with Crippen molar-refractivity contribution in [2.45, 2.75) is 31.8 Å². The molecule has 0 bridgehead atoms. The summed E-state index contributed by atoms with van der Waals surface area (Å²) < 4.78 is 19.5. The van der Waals surface area contributed by atoms with E-state index in [2.05, 4.69) is 15.5 Å². The molecule has 1 aliphatic carbocycles. The van der Waals surface area contributed by atoms with Gasteiger partial charge in [-0.1, -0.05) is 30.4 Å². The number of hydrogen-bond acceptors (Lipinski definition) is 5. The second kappa shape index (κ2) is 11.4. The van der Waals surface area contributed by atoms with Gasteiger partial charge in [-0.2, -0.15) is 0 Å². The van der Waals surface area contributed by atoms with Gasteiger partial charge >= 0.3 is 6.09 Å². The molecule has 0 aromatic rings. The Hall–Kier alpha value is -2.67. The molecule has 1 amide bonds. The van der Waals surface area contributed by atoms with Gasteiger partial charge in [0, 0.05) is 50.8 Å². The lowest BCUT2D eigenvalue weighted by Crippen LogP contribution is -2.47. The third-order valence-corrected chi connectivity index (χ3v) is 5.00. The highest BCUT2D eigenvalue weighted by atomic mass is 19.1. The molecule has 0 aromatic carbocycles. The molecule has 0 aromatic heterocycles. The Kier molecular flexibility index (Phi) is 8.86. The number of halogens is 1. The summed E-state index contributed by atoms with van der Waals surface area (Å²) in [6.07, 6.45) is 14.1. The highest BCUT2D eigenvalue weighted by molar-refractivity contribution is 5.74. The molecule has 6 nitrogen and oxygen atoms in total. The number of carbonyl (C=O) groups is 2. The number of carbonyl (C=O) groups excluding carboxylic acids is 2. The van der Waals surface area contributed by atoms with Crippen molar-refractivity contribution in [3.8, 4) is 0 Å². The van der Waals surface area contributed by atoms with Gasteiger partial charge in [-0.3, -0.25) is 9.69 Å². The van der Waals surface area contributed by atoms with Gasteiger partial charge in [0.05, 0.1) is 0 Å². The minimum Gasteiger partial charge on any atom is -0.443 e. The van der Waals surface area contributed by atoms with E-state index in [-0.39, 0.29) is 18.8 Å². The van der Waals surface area contributed by atoms with Crippen LogP contribution in [0.3, 0.4) is 0 Å². The van der Waals surface area contributed by atoms with Crippen molar-refractivity contribution in [1.29, 1.82) is 0 Å². The molecule has 0 spiro atoms. The largest absolute Gasteiger partial charge is 0.443 e. The summed E-state index contributed by atoms with van der Waals surface area (Å²) in [5.41, 5.74) is 0.568. The molecule has 2 N–H and O–H groups in total. The smallest absolute Gasteiger partial charge is 0.407 e. The normalized spacial score (nSPS) is 19.9. The van der Waals surface area contributed by atoms with Crippen molar-refractivity contribution >= 4 is 12.4 Å². The molecule has 1 fully saturated rings. The summed E-state index contributed by atoms with van der Waals surface area (Å²) in [6, 6.07) is 0. The van der Waals surface area contributed by atoms with Crippen molar-refractivity contribution in [2.75, 3.05) is 33.2 Å². The first-order valence-corrected chi connectivity index (χ1v) is 9.84. The van der Waals surface area contributed by atoms with E-state index in [1.807, 2.05) is 6.92 Å². The third kappa shape index (κ3) is 7.69. The first-order valence-electron chi connectivity index (χ1n) is 9.84. The number of nitrogens with one attached hydrogen (secondary N) is 2. The number of ether oxygens (including phenoxy) is 1. The number of aldehydes is 1. The van der Waals surface area contributed by atoms with Crippen LogP contribution >= 0.6 is 0 Å². The van der Waals surface area contributed by atoms with Crippen LogP contribution < -0.4 is 10.6 Å². The zero-order valence-electron chi connectivity index (χ0n) is 17.1. The van der Waals surface area contributed by atoms with Gasteiger partial charge in [-0.15, -0.1) is 0 Å². The Bertz CT molecular complexity index is 730. The summed E-state index contributed by atoms with van der Waals surface area (Å²) in [5, 5.41) is 5.52. The zero-order chi connectivity index (χ0) is 21.1. The lowest BCUT2D eigenvalue weighted by atomic mass is 9.93. The average molecular weight is 403 g/mol. The van der Waals surface area contributed by atoms with Crippen LogP contribution in [0.4, 0.5) is 9.18 Å². The van der Waals surface area contributed by atoms with Gasteiger partial charge < -0.3 is 15.4 Å². The van der Waals surface area contributed by atoms with E-state index in [4.69, 9.17) is 4.74 Å². The van der Waals surface area contributed by atoms with Crippen molar-refractivity contribution in [3.05, 3.63) is 59.6 Å². The third-order valence-electron chi connectivity index (χ3n) is 5.00. The van der Waals surface area contributed by atoms with Crippen LogP contribution in [-0.4, -0.2) is 56.1 Å². The molecule has 0 unspecified atom stereocenters. The number of hydrogen-bond donors (Lipinski definition) is 2. The van der Waals surface area contributed by atoms with E-state index < -0.39 is 11.7 Å². The summed E-state index contributed by atoms with van der Waals surface area (Å²) in [7, 11) is 1.80. The van der Waals surface area contributed by atoms with Gasteiger partial charge in [0.25, 0.3) is 0 Å². The molecular weight excluding hydrogens is 373 g/mol. The molecule has 1 aliphatic heterocycles. The second-order valence-electron chi connectivity index (χ2n) is 7.40. The van der Waals surface area contributed by atoms with Crippen LogP contribution in [0.5, 0.6) is 0 Å². The second-order valence-corrected chi connectivity index (χ2v) is 7.40. The van der Waals surface area contributed by atoms with Crippen LogP contribution in [0.2, 0.25) is 0 Å². The number of allylic oxidation sites excluding steroid dienone is 6. The Labute approximate surface area is 171 Å². The van der Waals surface area contributed by atoms with Crippen LogP contribution in [0.25, 0.3) is 0 Å². The Morgan fingerprint density at radius 3 is 2.79 bits per heavy atom. The predicted molar refractivity (Wildman–Crippen MR) is 112 cm³/mol. The zero-order valence-corrected chi connectivity index (χ0v) is 17.1. The van der Waals surface area contributed by atoms with Crippen molar-refractivity contribution in [3.63, 3.8) is 0 Å². The predicted octanol–water partition coefficient (Wildman–Crippen LogP) is 3.17. The molecule has 7 heteroatoms. The molecule has 158 valence electrons. The summed E-state index contributed by atoms with van der Waals surface area (Å²) in [6.45, 7) is 4.01. The fourth-order valence-corrected chi connectivity index (χ4v) is 3.17. The van der Waals surface area contributed by atoms with Gasteiger partial charge in [-0.05, 0) is 32.0 Å². The summed E-state index contributed by atoms with van der Waals surface area (Å²) >= 11 is 0. The van der Waals surface area contributed by atoms with Gasteiger partial charge in [0.1, 0.15) is 17.7 Å². The van der Waals surface area contributed by atoms with Crippen LogP contribution in [0.1, 0.15) is 26.2 Å². The maximum Gasteiger partial charge on any atom is 0.407 e. The number of amides is 1. The van der Waals surface area contributed by atoms with E-state index in [1.165, 1.54) is 0 Å². The fraction of sp³-hybridized carbons (Fsp3) is 0.455. The van der Waals surface area contributed by atoms with Crippen LogP contribution in [-0.2, 0) is 9.53 Å². The number of piperidine rings is 1. The van der Waals surface area contributed by atoms with Crippen LogP contribution in [0, 0.1) is 0 Å². The Morgan fingerprint density at radius 2 is 2.10 bits per heavy atom. The van der Waals surface area contributed by atoms with E-state index >= 15 is 0 Å². The SMILES string of the molecule is CN/C=C\C=C(/C=O)CN1CCC(C)(OC(=O)NCC2=C(F)CC=CC=C2)CC1. The summed E-state index contributed by atoms with van der Waals surface area (Å²) in [4.78, 5) is 25.6. The van der Waals surface area contributed by atoms with Crippen molar-refractivity contribution in [1.82, 2.24) is 15.5 Å². The number of nitrogens with zero attached hydrogens (tertiary/aromatic N) is 1. The Morgan fingerprint density at radius 1 is 1.34 bits per heavy atom. The van der Waals surface area contributed by atoms with Crippen molar-refractivity contribution in [2.24, 2.45) is 0 Å².